The van der Waals surface area contributed by atoms with E-state index in [0.717, 1.165) is 38.0 Å². The van der Waals surface area contributed by atoms with Gasteiger partial charge in [0.05, 0.1) is 6.04 Å². The highest BCUT2D eigenvalue weighted by Gasteiger charge is 2.33. The number of hydrogen-bond acceptors (Lipinski definition) is 4. The van der Waals surface area contributed by atoms with Crippen LogP contribution >= 0.6 is 11.6 Å². The lowest BCUT2D eigenvalue weighted by Gasteiger charge is -2.31. The predicted molar refractivity (Wildman–Crippen MR) is 175 cm³/mol. The summed E-state index contributed by atoms with van der Waals surface area (Å²) in [6.45, 7) is 4.84. The number of hydrogen-bond donors (Lipinski definition) is 2. The van der Waals surface area contributed by atoms with Crippen molar-refractivity contribution in [1.82, 2.24) is 20.4 Å². The molecule has 2 saturated heterocycles. The zero-order chi connectivity index (χ0) is 29.9. The molecule has 0 saturated carbocycles. The van der Waals surface area contributed by atoms with Gasteiger partial charge in [0.1, 0.15) is 0 Å². The van der Waals surface area contributed by atoms with Crippen LogP contribution in [0.5, 0.6) is 0 Å². The van der Waals surface area contributed by atoms with Gasteiger partial charge in [-0.2, -0.15) is 0 Å². The number of piperidine rings is 1. The van der Waals surface area contributed by atoms with Gasteiger partial charge in [-0.15, -0.1) is 0 Å². The van der Waals surface area contributed by atoms with Crippen molar-refractivity contribution in [2.24, 2.45) is 0 Å². The van der Waals surface area contributed by atoms with Crippen LogP contribution in [0.4, 0.5) is 0 Å². The predicted octanol–water partition coefficient (Wildman–Crippen LogP) is 5.74. The standard InChI is InChI=1S/C36H43ClN4O2/c37-31-17-14-28(15-18-31)16-19-35(42)38-26-32-20-25-41(36(43)34(39-32)21-24-40-22-8-3-9-23-40)27-33(29-10-4-1-5-11-29)30-12-6-2-7-13-30/h1-2,4-7,10-19,32-34,39H,3,8-9,20-27H2,(H,38,42)/b19-16+. The molecule has 6 nitrogen and oxygen atoms in total. The highest BCUT2D eigenvalue weighted by Crippen LogP contribution is 2.27. The smallest absolute Gasteiger partial charge is 0.244 e. The molecule has 0 bridgehead atoms. The zero-order valence-electron chi connectivity index (χ0n) is 24.8. The van der Waals surface area contributed by atoms with Gasteiger partial charge < -0.3 is 20.4 Å². The normalized spacial score (nSPS) is 20.0. The molecule has 0 spiro atoms. The van der Waals surface area contributed by atoms with Crippen molar-refractivity contribution < 1.29 is 9.59 Å². The van der Waals surface area contributed by atoms with E-state index in [1.54, 1.807) is 12.2 Å². The number of rotatable bonds is 11. The van der Waals surface area contributed by atoms with Gasteiger partial charge in [0, 0.05) is 49.2 Å². The average Bonchev–Trinajstić information content (AvgIpc) is 3.20. The Morgan fingerprint density at radius 2 is 1.56 bits per heavy atom. The first kappa shape index (κ1) is 31.0. The number of nitrogens with zero attached hydrogens (tertiary/aromatic N) is 2. The van der Waals surface area contributed by atoms with Crippen LogP contribution < -0.4 is 10.6 Å². The van der Waals surface area contributed by atoms with E-state index >= 15 is 0 Å². The third-order valence-corrected chi connectivity index (χ3v) is 8.86. The first-order valence-corrected chi connectivity index (χ1v) is 16.0. The minimum absolute atomic E-state index is 0.0000818. The van der Waals surface area contributed by atoms with Crippen molar-refractivity contribution in [1.29, 1.82) is 0 Å². The monoisotopic (exact) mass is 598 g/mol. The van der Waals surface area contributed by atoms with Crippen molar-refractivity contribution >= 4 is 29.5 Å². The van der Waals surface area contributed by atoms with Crippen molar-refractivity contribution in [2.45, 2.75) is 50.1 Å². The minimum atomic E-state index is -0.289. The highest BCUT2D eigenvalue weighted by atomic mass is 35.5. The Hall–Kier alpha value is -3.45. The molecule has 2 amide bonds. The molecule has 0 radical (unpaired) electrons. The van der Waals surface area contributed by atoms with E-state index in [0.29, 0.717) is 24.7 Å². The summed E-state index contributed by atoms with van der Waals surface area (Å²) in [5, 5.41) is 7.37. The first-order valence-electron chi connectivity index (χ1n) is 15.6. The fourth-order valence-electron chi connectivity index (χ4n) is 6.15. The number of carbonyl (C=O) groups excluding carboxylic acids is 2. The lowest BCUT2D eigenvalue weighted by molar-refractivity contribution is -0.133. The lowest BCUT2D eigenvalue weighted by atomic mass is 9.90. The van der Waals surface area contributed by atoms with Gasteiger partial charge in [0.2, 0.25) is 11.8 Å². The molecule has 0 aromatic heterocycles. The topological polar surface area (TPSA) is 64.7 Å². The molecular formula is C36H43ClN4O2. The Kier molecular flexibility index (Phi) is 11.4. The SMILES string of the molecule is O=C(/C=C/c1ccc(Cl)cc1)NCC1CCN(CC(c2ccccc2)c2ccccc2)C(=O)C(CCN2CCCCC2)N1. The number of amides is 2. The van der Waals surface area contributed by atoms with Gasteiger partial charge >= 0.3 is 0 Å². The second-order valence-electron chi connectivity index (χ2n) is 11.7. The van der Waals surface area contributed by atoms with E-state index in [1.807, 2.05) is 36.4 Å². The van der Waals surface area contributed by atoms with Crippen molar-refractivity contribution in [3.8, 4) is 0 Å². The maximum Gasteiger partial charge on any atom is 0.244 e. The average molecular weight is 599 g/mol. The molecule has 2 atom stereocenters. The van der Waals surface area contributed by atoms with Crippen LogP contribution in [0, 0.1) is 0 Å². The number of nitrogens with one attached hydrogen (secondary N) is 2. The van der Waals surface area contributed by atoms with E-state index in [2.05, 4.69) is 69.0 Å². The Bertz CT molecular complexity index is 1290. The van der Waals surface area contributed by atoms with Crippen molar-refractivity contribution in [3.63, 3.8) is 0 Å². The van der Waals surface area contributed by atoms with Gasteiger partial charge in [-0.05, 0) is 73.7 Å². The van der Waals surface area contributed by atoms with Crippen LogP contribution in [0.3, 0.4) is 0 Å². The van der Waals surface area contributed by atoms with Gasteiger partial charge in [-0.25, -0.2) is 0 Å². The molecule has 0 aliphatic carbocycles. The molecule has 2 fully saturated rings. The summed E-state index contributed by atoms with van der Waals surface area (Å²) in [6.07, 6.45) is 8.61. The molecule has 2 N–H and O–H groups in total. The Morgan fingerprint density at radius 3 is 2.21 bits per heavy atom. The molecule has 226 valence electrons. The van der Waals surface area contributed by atoms with E-state index in [-0.39, 0.29) is 29.8 Å². The van der Waals surface area contributed by atoms with Crippen LogP contribution in [0.15, 0.2) is 91.0 Å². The Morgan fingerprint density at radius 1 is 0.907 bits per heavy atom. The third kappa shape index (κ3) is 9.27. The van der Waals surface area contributed by atoms with Crippen molar-refractivity contribution in [3.05, 3.63) is 113 Å². The summed E-state index contributed by atoms with van der Waals surface area (Å²) in [5.41, 5.74) is 3.33. The molecule has 43 heavy (non-hydrogen) atoms. The summed E-state index contributed by atoms with van der Waals surface area (Å²) in [6, 6.07) is 28.0. The van der Waals surface area contributed by atoms with Crippen LogP contribution in [0.2, 0.25) is 5.02 Å². The summed E-state index contributed by atoms with van der Waals surface area (Å²) >= 11 is 5.97. The highest BCUT2D eigenvalue weighted by molar-refractivity contribution is 6.30. The van der Waals surface area contributed by atoms with Crippen LogP contribution in [-0.2, 0) is 9.59 Å². The zero-order valence-corrected chi connectivity index (χ0v) is 25.6. The Labute approximate surface area is 261 Å². The molecule has 2 unspecified atom stereocenters. The van der Waals surface area contributed by atoms with Crippen LogP contribution in [0.1, 0.15) is 54.7 Å². The summed E-state index contributed by atoms with van der Waals surface area (Å²) in [4.78, 5) is 31.3. The second-order valence-corrected chi connectivity index (χ2v) is 12.1. The molecule has 5 rings (SSSR count). The number of halogens is 1. The maximum absolute atomic E-state index is 14.1. The van der Waals surface area contributed by atoms with Gasteiger partial charge in [-0.3, -0.25) is 9.59 Å². The van der Waals surface area contributed by atoms with Crippen LogP contribution in [-0.4, -0.2) is 73.0 Å². The van der Waals surface area contributed by atoms with E-state index in [4.69, 9.17) is 11.6 Å². The molecular weight excluding hydrogens is 556 g/mol. The second kappa shape index (κ2) is 15.9. The number of carbonyl (C=O) groups is 2. The molecule has 2 aliphatic heterocycles. The summed E-state index contributed by atoms with van der Waals surface area (Å²) in [7, 11) is 0. The van der Waals surface area contributed by atoms with Gasteiger partial charge in [0.25, 0.3) is 0 Å². The Balaban J connectivity index is 1.28. The quantitative estimate of drug-likeness (QED) is 0.277. The molecule has 2 heterocycles. The van der Waals surface area contributed by atoms with Gasteiger partial charge in [0.15, 0.2) is 0 Å². The summed E-state index contributed by atoms with van der Waals surface area (Å²) < 4.78 is 0. The van der Waals surface area contributed by atoms with Crippen molar-refractivity contribution in [2.75, 3.05) is 39.3 Å². The van der Waals surface area contributed by atoms with Crippen LogP contribution in [0.25, 0.3) is 6.08 Å². The molecule has 3 aromatic carbocycles. The largest absolute Gasteiger partial charge is 0.351 e. The lowest BCUT2D eigenvalue weighted by Crippen LogP contribution is -2.50. The molecule has 7 heteroatoms. The minimum Gasteiger partial charge on any atom is -0.351 e. The van der Waals surface area contributed by atoms with Gasteiger partial charge in [-0.1, -0.05) is 90.8 Å². The maximum atomic E-state index is 14.1. The molecule has 3 aromatic rings. The fourth-order valence-corrected chi connectivity index (χ4v) is 6.27. The number of benzene rings is 3. The third-order valence-electron chi connectivity index (χ3n) is 8.60. The van der Waals surface area contributed by atoms with E-state index in [1.165, 1.54) is 30.4 Å². The first-order chi connectivity index (χ1) is 21.0. The number of likely N-dealkylation sites (tertiary alicyclic amines) is 1. The summed E-state index contributed by atoms with van der Waals surface area (Å²) in [5.74, 6) is 0.0935. The van der Waals surface area contributed by atoms with E-state index < -0.39 is 0 Å². The molecule has 2 aliphatic rings. The fraction of sp³-hybridized carbons (Fsp3) is 0.389. The van der Waals surface area contributed by atoms with E-state index in [9.17, 15) is 9.59 Å².